The first-order valence-corrected chi connectivity index (χ1v) is 12.6. The van der Waals surface area contributed by atoms with Crippen LogP contribution in [0.2, 0.25) is 0 Å². The first-order valence-electron chi connectivity index (χ1n) is 12.6. The monoisotopic (exact) mass is 480 g/mol. The van der Waals surface area contributed by atoms with Crippen LogP contribution < -0.4 is 0 Å². The molecule has 0 radical (unpaired) electrons. The molecular formula is C29H36O6. The van der Waals surface area contributed by atoms with Crippen LogP contribution in [0.4, 0.5) is 0 Å². The summed E-state index contributed by atoms with van der Waals surface area (Å²) in [6, 6.07) is 5.50. The van der Waals surface area contributed by atoms with Crippen molar-refractivity contribution in [1.82, 2.24) is 0 Å². The van der Waals surface area contributed by atoms with Gasteiger partial charge in [-0.15, -0.1) is 0 Å². The van der Waals surface area contributed by atoms with Crippen molar-refractivity contribution < 1.29 is 29.6 Å². The second-order valence-corrected chi connectivity index (χ2v) is 11.9. The van der Waals surface area contributed by atoms with Gasteiger partial charge in [0.15, 0.2) is 17.5 Å². The predicted octanol–water partition coefficient (Wildman–Crippen LogP) is 3.30. The number of carbonyl (C=O) groups excluding carboxylic acids is 2. The number of allylic oxidation sites excluding steroid dienone is 1. The third-order valence-electron chi connectivity index (χ3n) is 9.81. The molecule has 2 saturated carbocycles. The van der Waals surface area contributed by atoms with E-state index in [1.807, 2.05) is 39.0 Å². The summed E-state index contributed by atoms with van der Waals surface area (Å²) in [6.07, 6.45) is 1.37. The topological polar surface area (TPSA) is 104 Å². The number of hydrogen-bond acceptors (Lipinski definition) is 6. The number of benzene rings is 1. The van der Waals surface area contributed by atoms with Crippen molar-refractivity contribution in [2.75, 3.05) is 6.61 Å². The van der Waals surface area contributed by atoms with Crippen LogP contribution in [-0.2, 0) is 9.53 Å². The molecule has 5 rings (SSSR count). The minimum Gasteiger partial charge on any atom is -0.451 e. The molecule has 1 aromatic carbocycles. The molecule has 0 aliphatic heterocycles. The van der Waals surface area contributed by atoms with E-state index in [1.54, 1.807) is 19.1 Å². The summed E-state index contributed by atoms with van der Waals surface area (Å²) in [6.45, 7) is 11.2. The highest BCUT2D eigenvalue weighted by Crippen LogP contribution is 2.71. The Balaban J connectivity index is 1.65. The predicted molar refractivity (Wildman–Crippen MR) is 130 cm³/mol. The number of hydrogen-bond donors (Lipinski definition) is 3. The van der Waals surface area contributed by atoms with E-state index in [0.717, 1.165) is 17.5 Å². The van der Waals surface area contributed by atoms with Crippen molar-refractivity contribution in [3.8, 4) is 0 Å². The third-order valence-corrected chi connectivity index (χ3v) is 9.81. The molecule has 1 aromatic rings. The minimum absolute atomic E-state index is 0.0355. The van der Waals surface area contributed by atoms with Gasteiger partial charge >= 0.3 is 5.97 Å². The van der Waals surface area contributed by atoms with Gasteiger partial charge in [-0.05, 0) is 72.6 Å². The number of carbonyl (C=O) groups is 2. The summed E-state index contributed by atoms with van der Waals surface area (Å²) in [5, 5.41) is 34.3. The number of rotatable bonds is 3. The lowest BCUT2D eigenvalue weighted by molar-refractivity contribution is -0.190. The number of fused-ring (bicyclic) bond motifs is 3. The van der Waals surface area contributed by atoms with E-state index >= 15 is 0 Å². The van der Waals surface area contributed by atoms with Crippen molar-refractivity contribution in [3.63, 3.8) is 0 Å². The summed E-state index contributed by atoms with van der Waals surface area (Å²) >= 11 is 0. The van der Waals surface area contributed by atoms with Crippen LogP contribution in [0.1, 0.15) is 55.6 Å². The quantitative estimate of drug-likeness (QED) is 0.453. The van der Waals surface area contributed by atoms with Crippen LogP contribution in [-0.4, -0.2) is 51.5 Å². The standard InChI is InChI=1S/C29H36O6/c1-14-8-7-9-15(2)21(14)26(33)35-25-16(3)12-28-17(4)10-20-22(27(20,5)6)19(24(28)32)11-18(13-30)23(31)29(25,28)34/h7-9,11-12,17,19-20,22-23,25,30-31,34H,10,13H2,1-6H3/t17-,19+,20-,22+,23-,25+,28-,29+/m1/s1. The van der Waals surface area contributed by atoms with Gasteiger partial charge in [0.2, 0.25) is 0 Å². The Bertz CT molecular complexity index is 1160. The molecular weight excluding hydrogens is 444 g/mol. The molecule has 4 aliphatic carbocycles. The lowest BCUT2D eigenvalue weighted by atomic mass is 9.59. The van der Waals surface area contributed by atoms with Crippen LogP contribution in [0.15, 0.2) is 41.5 Å². The number of aryl methyl sites for hydroxylation is 2. The number of ether oxygens (including phenoxy) is 1. The fourth-order valence-corrected chi connectivity index (χ4v) is 7.90. The van der Waals surface area contributed by atoms with Gasteiger partial charge in [0.1, 0.15) is 6.10 Å². The maximum absolute atomic E-state index is 14.4. The van der Waals surface area contributed by atoms with Gasteiger partial charge < -0.3 is 20.1 Å². The van der Waals surface area contributed by atoms with Crippen molar-refractivity contribution >= 4 is 11.8 Å². The Morgan fingerprint density at radius 1 is 1.17 bits per heavy atom. The fraction of sp³-hybridized carbons (Fsp3) is 0.586. The highest BCUT2D eigenvalue weighted by molar-refractivity contribution is 5.96. The lowest BCUT2D eigenvalue weighted by Gasteiger charge is -2.48. The smallest absolute Gasteiger partial charge is 0.339 e. The van der Waals surface area contributed by atoms with Crippen molar-refractivity contribution in [3.05, 3.63) is 58.2 Å². The van der Waals surface area contributed by atoms with Crippen LogP contribution in [0.25, 0.3) is 0 Å². The molecule has 6 nitrogen and oxygen atoms in total. The minimum atomic E-state index is -2.12. The van der Waals surface area contributed by atoms with Crippen LogP contribution in [0.5, 0.6) is 0 Å². The van der Waals surface area contributed by atoms with Gasteiger partial charge in [-0.25, -0.2) is 4.79 Å². The third kappa shape index (κ3) is 2.93. The molecule has 35 heavy (non-hydrogen) atoms. The number of Topliss-reactive ketones (excluding diaryl/α,β-unsaturated/α-hetero) is 1. The van der Waals surface area contributed by atoms with Gasteiger partial charge in [0.05, 0.1) is 17.6 Å². The molecule has 0 heterocycles. The van der Waals surface area contributed by atoms with Crippen molar-refractivity contribution in [1.29, 1.82) is 0 Å². The zero-order valence-corrected chi connectivity index (χ0v) is 21.3. The highest BCUT2D eigenvalue weighted by atomic mass is 16.6. The number of esters is 1. The van der Waals surface area contributed by atoms with E-state index in [0.29, 0.717) is 17.1 Å². The molecule has 188 valence electrons. The molecule has 2 fully saturated rings. The lowest BCUT2D eigenvalue weighted by Crippen LogP contribution is -2.65. The number of aliphatic hydroxyl groups is 3. The number of ketones is 1. The van der Waals surface area contributed by atoms with Crippen LogP contribution in [0.3, 0.4) is 0 Å². The number of aliphatic hydroxyl groups excluding tert-OH is 2. The van der Waals surface area contributed by atoms with E-state index in [2.05, 4.69) is 13.8 Å². The Kier molecular flexibility index (Phi) is 5.31. The van der Waals surface area contributed by atoms with E-state index in [-0.39, 0.29) is 28.6 Å². The summed E-state index contributed by atoms with van der Waals surface area (Å²) in [4.78, 5) is 27.8. The van der Waals surface area contributed by atoms with E-state index in [1.165, 1.54) is 0 Å². The largest absolute Gasteiger partial charge is 0.451 e. The van der Waals surface area contributed by atoms with E-state index < -0.39 is 41.7 Å². The normalized spacial score (nSPS) is 41.1. The summed E-state index contributed by atoms with van der Waals surface area (Å²) in [5.41, 5.74) is -0.935. The summed E-state index contributed by atoms with van der Waals surface area (Å²) in [5.74, 6) is -1.20. The average molecular weight is 481 g/mol. The molecule has 6 heteroatoms. The molecule has 2 bridgehead atoms. The average Bonchev–Trinajstić information content (AvgIpc) is 3.27. The zero-order valence-electron chi connectivity index (χ0n) is 21.3. The van der Waals surface area contributed by atoms with Gasteiger partial charge in [0.25, 0.3) is 0 Å². The maximum Gasteiger partial charge on any atom is 0.339 e. The Hall–Kier alpha value is -2.28. The van der Waals surface area contributed by atoms with Crippen LogP contribution >= 0.6 is 0 Å². The van der Waals surface area contributed by atoms with E-state index in [9.17, 15) is 24.9 Å². The molecule has 0 amide bonds. The molecule has 0 aromatic heterocycles. The maximum atomic E-state index is 14.4. The Morgan fingerprint density at radius 3 is 2.40 bits per heavy atom. The first-order chi connectivity index (χ1) is 16.3. The molecule has 3 N–H and O–H groups in total. The van der Waals surface area contributed by atoms with Crippen LogP contribution in [0, 0.1) is 48.3 Å². The molecule has 1 spiro atoms. The Morgan fingerprint density at radius 2 is 1.80 bits per heavy atom. The highest BCUT2D eigenvalue weighted by Gasteiger charge is 2.76. The Labute approximate surface area is 206 Å². The molecule has 0 saturated heterocycles. The van der Waals surface area contributed by atoms with Crippen molar-refractivity contribution in [2.45, 2.75) is 65.8 Å². The molecule has 4 aliphatic rings. The fourth-order valence-electron chi connectivity index (χ4n) is 7.90. The second-order valence-electron chi connectivity index (χ2n) is 11.9. The summed E-state index contributed by atoms with van der Waals surface area (Å²) in [7, 11) is 0. The zero-order chi connectivity index (χ0) is 25.7. The molecule has 8 atom stereocenters. The van der Waals surface area contributed by atoms with Gasteiger partial charge in [0, 0.05) is 5.92 Å². The van der Waals surface area contributed by atoms with Crippen molar-refractivity contribution in [2.24, 2.45) is 34.5 Å². The second kappa shape index (κ2) is 7.61. The van der Waals surface area contributed by atoms with Gasteiger partial charge in [-0.3, -0.25) is 4.79 Å². The first kappa shape index (κ1) is 24.4. The summed E-state index contributed by atoms with van der Waals surface area (Å²) < 4.78 is 5.99. The van der Waals surface area contributed by atoms with E-state index in [4.69, 9.17) is 4.74 Å². The SMILES string of the molecule is CC1=C[C@@]23C(=O)[C@@H](C=C(CO)[C@@H](O)[C@]2(O)[C@H]1OC(=O)c1c(C)cccc1C)[C@H]1[C@@H](C[C@H]3C)C1(C)C. The molecule has 0 unspecified atom stereocenters. The van der Waals surface area contributed by atoms with Gasteiger partial charge in [-0.2, -0.15) is 0 Å². The van der Waals surface area contributed by atoms with Gasteiger partial charge in [-0.1, -0.05) is 51.1 Å².